The summed E-state index contributed by atoms with van der Waals surface area (Å²) in [5.74, 6) is -1.71. The predicted octanol–water partition coefficient (Wildman–Crippen LogP) is 0.829. The van der Waals surface area contributed by atoms with E-state index < -0.39 is 22.8 Å². The van der Waals surface area contributed by atoms with Crippen LogP contribution in [0.3, 0.4) is 0 Å². The van der Waals surface area contributed by atoms with Crippen molar-refractivity contribution in [1.29, 1.82) is 0 Å². The van der Waals surface area contributed by atoms with Crippen LogP contribution in [-0.2, 0) is 9.53 Å². The van der Waals surface area contributed by atoms with Gasteiger partial charge in [0.1, 0.15) is 0 Å². The quantitative estimate of drug-likeness (QED) is 0.653. The van der Waals surface area contributed by atoms with Crippen LogP contribution in [0.25, 0.3) is 0 Å². The van der Waals surface area contributed by atoms with E-state index >= 15 is 0 Å². The number of hydrogen-bond donors (Lipinski definition) is 1. The van der Waals surface area contributed by atoms with Crippen molar-refractivity contribution < 1.29 is 24.4 Å². The number of carboxylic acids is 1. The Morgan fingerprint density at radius 3 is 2.76 bits per heavy atom. The highest BCUT2D eigenvalue weighted by Gasteiger charge is 2.33. The van der Waals surface area contributed by atoms with Gasteiger partial charge in [0.05, 0.1) is 18.1 Å². The molecule has 8 nitrogen and oxygen atoms in total. The van der Waals surface area contributed by atoms with Crippen LogP contribution in [0.2, 0.25) is 0 Å². The Morgan fingerprint density at radius 2 is 2.14 bits per heavy atom. The molecule has 1 heterocycles. The lowest BCUT2D eigenvalue weighted by molar-refractivity contribution is -0.384. The molecule has 1 atom stereocenters. The van der Waals surface area contributed by atoms with Gasteiger partial charge in [-0.2, -0.15) is 0 Å². The molecule has 1 aliphatic heterocycles. The number of carboxylic acid groups (broad SMARTS) is 1. The Morgan fingerprint density at radius 1 is 1.43 bits per heavy atom. The Bertz CT molecular complexity index is 600. The first-order chi connectivity index (χ1) is 9.90. The summed E-state index contributed by atoms with van der Waals surface area (Å²) < 4.78 is 5.06. The van der Waals surface area contributed by atoms with Crippen molar-refractivity contribution >= 4 is 17.6 Å². The van der Waals surface area contributed by atoms with Gasteiger partial charge in [-0.1, -0.05) is 0 Å². The van der Waals surface area contributed by atoms with Gasteiger partial charge in [0.2, 0.25) is 0 Å². The molecule has 1 aromatic rings. The number of morpholine rings is 1. The zero-order valence-corrected chi connectivity index (χ0v) is 11.3. The maximum atomic E-state index is 12.4. The molecule has 0 saturated carbocycles. The molecule has 1 N–H and O–H groups in total. The first-order valence-corrected chi connectivity index (χ1v) is 6.27. The average Bonchev–Trinajstić information content (AvgIpc) is 2.45. The largest absolute Gasteiger partial charge is 0.480 e. The summed E-state index contributed by atoms with van der Waals surface area (Å²) in [6, 6.07) is 2.93. The Balaban J connectivity index is 2.34. The third-order valence-electron chi connectivity index (χ3n) is 3.19. The fraction of sp³-hybridized carbons (Fsp3) is 0.385. The Hall–Kier alpha value is -2.48. The van der Waals surface area contributed by atoms with Gasteiger partial charge in [0, 0.05) is 24.2 Å². The number of carbonyl (C=O) groups is 2. The van der Waals surface area contributed by atoms with Gasteiger partial charge >= 0.3 is 5.97 Å². The van der Waals surface area contributed by atoms with Crippen LogP contribution < -0.4 is 0 Å². The van der Waals surface area contributed by atoms with E-state index in [9.17, 15) is 19.7 Å². The topological polar surface area (TPSA) is 110 Å². The number of benzene rings is 1. The van der Waals surface area contributed by atoms with Crippen LogP contribution in [0.1, 0.15) is 15.9 Å². The first-order valence-electron chi connectivity index (χ1n) is 6.27. The van der Waals surface area contributed by atoms with Crippen molar-refractivity contribution in [2.75, 3.05) is 19.8 Å². The van der Waals surface area contributed by atoms with Crippen LogP contribution >= 0.6 is 0 Å². The summed E-state index contributed by atoms with van der Waals surface area (Å²) in [5, 5.41) is 20.0. The minimum atomic E-state index is -1.16. The van der Waals surface area contributed by atoms with Crippen molar-refractivity contribution in [3.05, 3.63) is 39.4 Å². The minimum Gasteiger partial charge on any atom is -0.480 e. The molecular formula is C13H14N2O6. The SMILES string of the molecule is Cc1cc(C(=O)N2CCOCC2C(=O)O)cc([N+](=O)[O-])c1. The summed E-state index contributed by atoms with van der Waals surface area (Å²) in [5.41, 5.74) is 0.473. The first kappa shape index (κ1) is 14.9. The molecular weight excluding hydrogens is 280 g/mol. The van der Waals surface area contributed by atoms with Gasteiger partial charge in [-0.25, -0.2) is 4.79 Å². The number of aliphatic carboxylic acids is 1. The van der Waals surface area contributed by atoms with E-state index in [-0.39, 0.29) is 31.0 Å². The third-order valence-corrected chi connectivity index (χ3v) is 3.19. The number of non-ortho nitro benzene ring substituents is 1. The molecule has 0 radical (unpaired) electrons. The second kappa shape index (κ2) is 5.88. The highest BCUT2D eigenvalue weighted by molar-refractivity contribution is 5.97. The van der Waals surface area contributed by atoms with Gasteiger partial charge in [-0.3, -0.25) is 14.9 Å². The third kappa shape index (κ3) is 3.16. The maximum Gasteiger partial charge on any atom is 0.328 e. The molecule has 1 saturated heterocycles. The lowest BCUT2D eigenvalue weighted by atomic mass is 10.1. The van der Waals surface area contributed by atoms with Crippen molar-refractivity contribution in [3.8, 4) is 0 Å². The molecule has 1 unspecified atom stereocenters. The average molecular weight is 294 g/mol. The number of nitro benzene ring substituents is 1. The molecule has 112 valence electrons. The molecule has 8 heteroatoms. The molecule has 21 heavy (non-hydrogen) atoms. The molecule has 1 amide bonds. The number of carbonyl (C=O) groups excluding carboxylic acids is 1. The van der Waals surface area contributed by atoms with Gasteiger partial charge < -0.3 is 14.7 Å². The zero-order valence-electron chi connectivity index (χ0n) is 11.3. The van der Waals surface area contributed by atoms with E-state index in [4.69, 9.17) is 9.84 Å². The van der Waals surface area contributed by atoms with E-state index in [1.807, 2.05) is 0 Å². The zero-order chi connectivity index (χ0) is 15.6. The Kier molecular flexibility index (Phi) is 4.18. The van der Waals surface area contributed by atoms with Crippen molar-refractivity contribution in [3.63, 3.8) is 0 Å². The van der Waals surface area contributed by atoms with Crippen LogP contribution in [-0.4, -0.2) is 52.6 Å². The van der Waals surface area contributed by atoms with Crippen LogP contribution in [0.4, 0.5) is 5.69 Å². The van der Waals surface area contributed by atoms with Crippen molar-refractivity contribution in [1.82, 2.24) is 4.90 Å². The molecule has 2 rings (SSSR count). The van der Waals surface area contributed by atoms with Gasteiger partial charge in [-0.05, 0) is 18.6 Å². The smallest absolute Gasteiger partial charge is 0.328 e. The lowest BCUT2D eigenvalue weighted by Crippen LogP contribution is -2.52. The number of nitrogens with zero attached hydrogens (tertiary/aromatic N) is 2. The maximum absolute atomic E-state index is 12.4. The number of nitro groups is 1. The highest BCUT2D eigenvalue weighted by Crippen LogP contribution is 2.20. The number of hydrogen-bond acceptors (Lipinski definition) is 5. The standard InChI is InChI=1S/C13H14N2O6/c1-8-4-9(6-10(5-8)15(19)20)12(16)14-2-3-21-7-11(14)13(17)18/h4-6,11H,2-3,7H2,1H3,(H,17,18). The number of ether oxygens (including phenoxy) is 1. The molecule has 0 bridgehead atoms. The van der Waals surface area contributed by atoms with E-state index in [0.29, 0.717) is 5.56 Å². The fourth-order valence-electron chi connectivity index (χ4n) is 2.21. The van der Waals surface area contributed by atoms with Crippen LogP contribution in [0.5, 0.6) is 0 Å². The number of rotatable bonds is 3. The summed E-state index contributed by atoms with van der Waals surface area (Å²) >= 11 is 0. The normalized spacial score (nSPS) is 18.3. The number of amides is 1. The summed E-state index contributed by atoms with van der Waals surface area (Å²) in [4.78, 5) is 35.0. The van der Waals surface area contributed by atoms with E-state index in [1.165, 1.54) is 17.0 Å². The lowest BCUT2D eigenvalue weighted by Gasteiger charge is -2.32. The summed E-state index contributed by atoms with van der Waals surface area (Å²) in [7, 11) is 0. The summed E-state index contributed by atoms with van der Waals surface area (Å²) in [6.07, 6.45) is 0. The second-order valence-electron chi connectivity index (χ2n) is 4.74. The molecule has 1 aromatic carbocycles. The van der Waals surface area contributed by atoms with Crippen molar-refractivity contribution in [2.24, 2.45) is 0 Å². The molecule has 0 aromatic heterocycles. The van der Waals surface area contributed by atoms with Gasteiger partial charge in [0.15, 0.2) is 6.04 Å². The fourth-order valence-corrected chi connectivity index (χ4v) is 2.21. The molecule has 0 aliphatic carbocycles. The predicted molar refractivity (Wildman–Crippen MR) is 71.1 cm³/mol. The molecule has 1 fully saturated rings. The van der Waals surface area contributed by atoms with E-state index in [0.717, 1.165) is 6.07 Å². The molecule has 0 spiro atoms. The van der Waals surface area contributed by atoms with Gasteiger partial charge in [-0.15, -0.1) is 0 Å². The van der Waals surface area contributed by atoms with Crippen LogP contribution in [0.15, 0.2) is 18.2 Å². The van der Waals surface area contributed by atoms with Gasteiger partial charge in [0.25, 0.3) is 11.6 Å². The summed E-state index contributed by atoms with van der Waals surface area (Å²) in [6.45, 7) is 1.92. The highest BCUT2D eigenvalue weighted by atomic mass is 16.6. The monoisotopic (exact) mass is 294 g/mol. The second-order valence-corrected chi connectivity index (χ2v) is 4.74. The molecule has 1 aliphatic rings. The van der Waals surface area contributed by atoms with Crippen molar-refractivity contribution in [2.45, 2.75) is 13.0 Å². The van der Waals surface area contributed by atoms with E-state index in [1.54, 1.807) is 6.92 Å². The minimum absolute atomic E-state index is 0.0883. The Labute approximate surface area is 120 Å². The number of aryl methyl sites for hydroxylation is 1. The van der Waals surface area contributed by atoms with E-state index in [2.05, 4.69) is 0 Å². The van der Waals surface area contributed by atoms with Crippen LogP contribution in [0, 0.1) is 17.0 Å².